The minimum absolute atomic E-state index is 0. The van der Waals surface area contributed by atoms with Crippen LogP contribution in [0.4, 0.5) is 4.79 Å². The van der Waals surface area contributed by atoms with E-state index in [1.54, 1.807) is 14.0 Å². The molecule has 0 spiro atoms. The quantitative estimate of drug-likeness (QED) is 0.836. The minimum Gasteiger partial charge on any atom is -0.497 e. The highest BCUT2D eigenvalue weighted by atomic mass is 16.5. The molecule has 1 amide bonds. The summed E-state index contributed by atoms with van der Waals surface area (Å²) in [7, 11) is 1.63. The van der Waals surface area contributed by atoms with E-state index in [1.165, 1.54) is 0 Å². The Morgan fingerprint density at radius 1 is 1.50 bits per heavy atom. The van der Waals surface area contributed by atoms with Crippen molar-refractivity contribution >= 4 is 6.09 Å². The number of rotatable bonds is 5. The highest BCUT2D eigenvalue weighted by Gasteiger charge is 2.00. The lowest BCUT2D eigenvalue weighted by Gasteiger charge is -2.06. The zero-order valence-corrected chi connectivity index (χ0v) is 9.66. The van der Waals surface area contributed by atoms with Gasteiger partial charge in [0.15, 0.2) is 0 Å². The third-order valence-corrected chi connectivity index (χ3v) is 2.09. The molecule has 0 bridgehead atoms. The molecule has 90 valence electrons. The van der Waals surface area contributed by atoms with Crippen LogP contribution in [-0.2, 0) is 11.2 Å². The molecule has 0 saturated carbocycles. The van der Waals surface area contributed by atoms with Crippen molar-refractivity contribution in [3.8, 4) is 5.75 Å². The summed E-state index contributed by atoms with van der Waals surface area (Å²) >= 11 is 0. The van der Waals surface area contributed by atoms with Crippen molar-refractivity contribution in [1.29, 1.82) is 0 Å². The van der Waals surface area contributed by atoms with Crippen molar-refractivity contribution < 1.29 is 15.7 Å². The standard InChI is InChI=1S/C12H17NO3.H2/c1-3-16-12(14)13-8-7-10-5-4-6-11(9-10)15-2;/h4-6,9H,3,7-8H2,1-2H3,(H,13,14);1H. The molecule has 0 radical (unpaired) electrons. The number of nitrogens with one attached hydrogen (secondary N) is 1. The lowest BCUT2D eigenvalue weighted by molar-refractivity contribution is 0.152. The molecular weight excluding hydrogens is 206 g/mol. The second-order valence-electron chi connectivity index (χ2n) is 3.25. The molecular formula is C12H19NO3. The Hall–Kier alpha value is -1.71. The normalized spacial score (nSPS) is 9.62. The van der Waals surface area contributed by atoms with E-state index in [9.17, 15) is 4.79 Å². The van der Waals surface area contributed by atoms with Crippen molar-refractivity contribution in [1.82, 2.24) is 5.32 Å². The fourth-order valence-electron chi connectivity index (χ4n) is 1.32. The summed E-state index contributed by atoms with van der Waals surface area (Å²) in [6, 6.07) is 7.77. The van der Waals surface area contributed by atoms with Gasteiger partial charge in [0, 0.05) is 7.97 Å². The van der Waals surface area contributed by atoms with Crippen LogP contribution in [0, 0.1) is 0 Å². The lowest BCUT2D eigenvalue weighted by atomic mass is 10.1. The van der Waals surface area contributed by atoms with Gasteiger partial charge in [0.2, 0.25) is 0 Å². The van der Waals surface area contributed by atoms with Gasteiger partial charge < -0.3 is 14.8 Å². The molecule has 0 heterocycles. The molecule has 0 aliphatic rings. The Morgan fingerprint density at radius 2 is 2.31 bits per heavy atom. The minimum atomic E-state index is -0.370. The third kappa shape index (κ3) is 4.21. The van der Waals surface area contributed by atoms with Crippen LogP contribution >= 0.6 is 0 Å². The predicted molar refractivity (Wildman–Crippen MR) is 63.8 cm³/mol. The zero-order valence-electron chi connectivity index (χ0n) is 9.66. The van der Waals surface area contributed by atoms with Crippen LogP contribution < -0.4 is 10.1 Å². The Bertz CT molecular complexity index is 344. The Morgan fingerprint density at radius 3 is 3.00 bits per heavy atom. The van der Waals surface area contributed by atoms with Crippen LogP contribution in [0.1, 0.15) is 13.9 Å². The molecule has 0 aliphatic carbocycles. The highest BCUT2D eigenvalue weighted by molar-refractivity contribution is 5.67. The Balaban J connectivity index is 0.00000256. The van der Waals surface area contributed by atoms with Crippen LogP contribution in [0.3, 0.4) is 0 Å². The van der Waals surface area contributed by atoms with Crippen molar-refractivity contribution in [2.45, 2.75) is 13.3 Å². The van der Waals surface area contributed by atoms with Gasteiger partial charge in [-0.2, -0.15) is 0 Å². The molecule has 1 N–H and O–H groups in total. The van der Waals surface area contributed by atoms with Gasteiger partial charge in [0.05, 0.1) is 13.7 Å². The fourth-order valence-corrected chi connectivity index (χ4v) is 1.32. The number of carbonyl (C=O) groups excluding carboxylic acids is 1. The molecule has 4 nitrogen and oxygen atoms in total. The first kappa shape index (κ1) is 12.4. The molecule has 4 heteroatoms. The zero-order chi connectivity index (χ0) is 11.8. The topological polar surface area (TPSA) is 47.6 Å². The summed E-state index contributed by atoms with van der Waals surface area (Å²) in [6.07, 6.45) is 0.390. The first-order valence-corrected chi connectivity index (χ1v) is 5.29. The monoisotopic (exact) mass is 225 g/mol. The molecule has 1 aromatic carbocycles. The number of ether oxygens (including phenoxy) is 2. The van der Waals surface area contributed by atoms with Gasteiger partial charge in [-0.15, -0.1) is 0 Å². The van der Waals surface area contributed by atoms with Crippen LogP contribution in [0.25, 0.3) is 0 Å². The van der Waals surface area contributed by atoms with E-state index in [0.717, 1.165) is 17.7 Å². The van der Waals surface area contributed by atoms with Gasteiger partial charge in [-0.25, -0.2) is 4.79 Å². The van der Waals surface area contributed by atoms with Crippen LogP contribution in [-0.4, -0.2) is 26.4 Å². The van der Waals surface area contributed by atoms with Crippen LogP contribution in [0.15, 0.2) is 24.3 Å². The predicted octanol–water partition coefficient (Wildman–Crippen LogP) is 2.23. The van der Waals surface area contributed by atoms with E-state index in [2.05, 4.69) is 5.32 Å². The van der Waals surface area contributed by atoms with Crippen molar-refractivity contribution in [2.75, 3.05) is 20.3 Å². The van der Waals surface area contributed by atoms with Gasteiger partial charge in [-0.3, -0.25) is 0 Å². The summed E-state index contributed by atoms with van der Waals surface area (Å²) in [5.41, 5.74) is 1.12. The van der Waals surface area contributed by atoms with Crippen molar-refractivity contribution in [3.63, 3.8) is 0 Å². The maximum absolute atomic E-state index is 11.0. The maximum atomic E-state index is 11.0. The summed E-state index contributed by atoms with van der Waals surface area (Å²) < 4.78 is 9.86. The molecule has 0 fully saturated rings. The lowest BCUT2D eigenvalue weighted by Crippen LogP contribution is -2.26. The maximum Gasteiger partial charge on any atom is 0.407 e. The summed E-state index contributed by atoms with van der Waals surface area (Å²) in [4.78, 5) is 11.0. The van der Waals surface area contributed by atoms with E-state index < -0.39 is 0 Å². The second-order valence-corrected chi connectivity index (χ2v) is 3.25. The molecule has 0 aromatic heterocycles. The molecule has 0 aliphatic heterocycles. The molecule has 0 atom stereocenters. The summed E-state index contributed by atoms with van der Waals surface area (Å²) in [5.74, 6) is 0.827. The first-order valence-electron chi connectivity index (χ1n) is 5.29. The SMILES string of the molecule is CCOC(=O)NCCc1cccc(OC)c1.[HH]. The Labute approximate surface area is 97.0 Å². The smallest absolute Gasteiger partial charge is 0.407 e. The van der Waals surface area contributed by atoms with Gasteiger partial charge in [-0.1, -0.05) is 12.1 Å². The van der Waals surface area contributed by atoms with Crippen molar-refractivity contribution in [2.24, 2.45) is 0 Å². The Kier molecular flexibility index (Phi) is 5.19. The fraction of sp³-hybridized carbons (Fsp3) is 0.417. The number of hydrogen-bond donors (Lipinski definition) is 1. The third-order valence-electron chi connectivity index (χ3n) is 2.09. The first-order chi connectivity index (χ1) is 7.76. The molecule has 1 aromatic rings. The number of hydrogen-bond acceptors (Lipinski definition) is 3. The number of carbonyl (C=O) groups is 1. The number of alkyl carbamates (subject to hydrolysis) is 1. The van der Waals surface area contributed by atoms with Gasteiger partial charge in [0.25, 0.3) is 0 Å². The van der Waals surface area contributed by atoms with Crippen LogP contribution in [0.5, 0.6) is 5.75 Å². The molecule has 0 unspecified atom stereocenters. The van der Waals surface area contributed by atoms with Gasteiger partial charge >= 0.3 is 6.09 Å². The molecule has 16 heavy (non-hydrogen) atoms. The summed E-state index contributed by atoms with van der Waals surface area (Å²) in [6.45, 7) is 2.73. The van der Waals surface area contributed by atoms with E-state index >= 15 is 0 Å². The average Bonchev–Trinajstić information content (AvgIpc) is 2.30. The van der Waals surface area contributed by atoms with Gasteiger partial charge in [0.1, 0.15) is 5.75 Å². The molecule has 0 saturated heterocycles. The number of methoxy groups -OCH3 is 1. The number of benzene rings is 1. The molecule has 1 rings (SSSR count). The van der Waals surface area contributed by atoms with E-state index in [1.807, 2.05) is 24.3 Å². The van der Waals surface area contributed by atoms with E-state index in [0.29, 0.717) is 13.2 Å². The highest BCUT2D eigenvalue weighted by Crippen LogP contribution is 2.12. The summed E-state index contributed by atoms with van der Waals surface area (Å²) in [5, 5.41) is 2.67. The van der Waals surface area contributed by atoms with Gasteiger partial charge in [-0.05, 0) is 31.0 Å². The second kappa shape index (κ2) is 6.71. The average molecular weight is 225 g/mol. The van der Waals surface area contributed by atoms with Crippen LogP contribution in [0.2, 0.25) is 0 Å². The largest absolute Gasteiger partial charge is 0.497 e. The van der Waals surface area contributed by atoms with E-state index in [4.69, 9.17) is 9.47 Å². The number of amides is 1. The van der Waals surface area contributed by atoms with E-state index in [-0.39, 0.29) is 7.52 Å². The van der Waals surface area contributed by atoms with Crippen molar-refractivity contribution in [3.05, 3.63) is 29.8 Å².